The van der Waals surface area contributed by atoms with Gasteiger partial charge in [-0.05, 0) is 23.1 Å². The quantitative estimate of drug-likeness (QED) is 0.871. The summed E-state index contributed by atoms with van der Waals surface area (Å²) in [6, 6.07) is 6.39. The molecule has 2 aliphatic rings. The third-order valence-corrected chi connectivity index (χ3v) is 4.71. The molecule has 2 aliphatic heterocycles. The number of methoxy groups -OCH3 is 1. The number of nitrogens with one attached hydrogen (secondary N) is 2. The summed E-state index contributed by atoms with van der Waals surface area (Å²) < 4.78 is 4.98. The molecule has 6 heteroatoms. The monoisotopic (exact) mass is 310 g/mol. The Morgan fingerprint density at radius 3 is 2.74 bits per heavy atom. The summed E-state index contributed by atoms with van der Waals surface area (Å²) in [4.78, 5) is 20.7. The number of hydrogen-bond donors (Lipinski definition) is 2. The summed E-state index contributed by atoms with van der Waals surface area (Å²) >= 11 is 0. The Kier molecular flexibility index (Phi) is 3.46. The summed E-state index contributed by atoms with van der Waals surface area (Å²) in [5.74, 6) is 0.867. The van der Waals surface area contributed by atoms with E-state index in [1.54, 1.807) is 12.4 Å². The summed E-state index contributed by atoms with van der Waals surface area (Å²) in [5, 5.41) is 6.46. The first-order valence-electron chi connectivity index (χ1n) is 7.75. The number of carbonyl (C=O) groups is 1. The van der Waals surface area contributed by atoms with E-state index in [0.717, 1.165) is 41.9 Å². The van der Waals surface area contributed by atoms with Crippen molar-refractivity contribution in [1.29, 1.82) is 0 Å². The Morgan fingerprint density at radius 2 is 1.96 bits per heavy atom. The zero-order valence-corrected chi connectivity index (χ0v) is 12.9. The summed E-state index contributed by atoms with van der Waals surface area (Å²) in [7, 11) is 1.54. The number of fused-ring (bicyclic) bond motifs is 3. The van der Waals surface area contributed by atoms with Crippen molar-refractivity contribution in [3.63, 3.8) is 0 Å². The molecule has 1 unspecified atom stereocenters. The molecule has 118 valence electrons. The molecule has 0 bridgehead atoms. The SMILES string of the molecule is COc1ncc(-c2ccc3c(c2)C(=O)NC[C@@H]2CNCC32)cn1. The molecule has 2 aromatic rings. The molecule has 3 heterocycles. The molecule has 0 radical (unpaired) electrons. The van der Waals surface area contributed by atoms with E-state index >= 15 is 0 Å². The number of nitrogens with zero attached hydrogens (tertiary/aromatic N) is 2. The third-order valence-electron chi connectivity index (χ3n) is 4.71. The van der Waals surface area contributed by atoms with Crippen LogP contribution in [0.1, 0.15) is 21.8 Å². The molecular weight excluding hydrogens is 292 g/mol. The first kappa shape index (κ1) is 14.1. The first-order valence-corrected chi connectivity index (χ1v) is 7.75. The van der Waals surface area contributed by atoms with Gasteiger partial charge >= 0.3 is 6.01 Å². The highest BCUT2D eigenvalue weighted by molar-refractivity contribution is 5.97. The van der Waals surface area contributed by atoms with Gasteiger partial charge in [0.15, 0.2) is 0 Å². The van der Waals surface area contributed by atoms with Crippen LogP contribution >= 0.6 is 0 Å². The second-order valence-electron chi connectivity index (χ2n) is 6.00. The number of hydrogen-bond acceptors (Lipinski definition) is 5. The Bertz CT molecular complexity index is 745. The Hall–Kier alpha value is -2.47. The van der Waals surface area contributed by atoms with Crippen molar-refractivity contribution in [3.8, 4) is 17.1 Å². The van der Waals surface area contributed by atoms with E-state index in [1.165, 1.54) is 7.11 Å². The van der Waals surface area contributed by atoms with Crippen molar-refractivity contribution in [2.24, 2.45) is 5.92 Å². The maximum Gasteiger partial charge on any atom is 0.316 e. The average Bonchev–Trinajstić information content (AvgIpc) is 3.03. The zero-order valence-electron chi connectivity index (χ0n) is 12.9. The molecule has 0 spiro atoms. The van der Waals surface area contributed by atoms with Gasteiger partial charge in [-0.2, -0.15) is 0 Å². The van der Waals surface area contributed by atoms with Crippen LogP contribution in [0, 0.1) is 5.92 Å². The highest BCUT2D eigenvalue weighted by atomic mass is 16.5. The molecule has 1 fully saturated rings. The lowest BCUT2D eigenvalue weighted by molar-refractivity contribution is 0.0952. The minimum absolute atomic E-state index is 0.00526. The van der Waals surface area contributed by atoms with Gasteiger partial charge in [0.2, 0.25) is 0 Å². The van der Waals surface area contributed by atoms with Gasteiger partial charge in [-0.15, -0.1) is 0 Å². The van der Waals surface area contributed by atoms with E-state index in [9.17, 15) is 4.79 Å². The highest BCUT2D eigenvalue weighted by Crippen LogP contribution is 2.34. The van der Waals surface area contributed by atoms with Crippen LogP contribution in [-0.4, -0.2) is 42.6 Å². The molecule has 2 N–H and O–H groups in total. The molecule has 4 rings (SSSR count). The van der Waals surface area contributed by atoms with Crippen molar-refractivity contribution in [2.45, 2.75) is 5.92 Å². The molecule has 1 amide bonds. The number of carbonyl (C=O) groups excluding carboxylic acids is 1. The van der Waals surface area contributed by atoms with Gasteiger partial charge in [0.1, 0.15) is 0 Å². The van der Waals surface area contributed by atoms with Crippen molar-refractivity contribution in [1.82, 2.24) is 20.6 Å². The van der Waals surface area contributed by atoms with Crippen molar-refractivity contribution in [2.75, 3.05) is 26.7 Å². The average molecular weight is 310 g/mol. The minimum Gasteiger partial charge on any atom is -0.467 e. The fourth-order valence-electron chi connectivity index (χ4n) is 3.46. The van der Waals surface area contributed by atoms with E-state index in [4.69, 9.17) is 4.74 Å². The van der Waals surface area contributed by atoms with Gasteiger partial charge < -0.3 is 15.4 Å². The maximum absolute atomic E-state index is 12.4. The molecule has 2 atom stereocenters. The van der Waals surface area contributed by atoms with Crippen LogP contribution in [0.25, 0.3) is 11.1 Å². The molecule has 1 saturated heterocycles. The van der Waals surface area contributed by atoms with Gasteiger partial charge in [-0.1, -0.05) is 12.1 Å². The molecule has 0 aliphatic carbocycles. The largest absolute Gasteiger partial charge is 0.467 e. The van der Waals surface area contributed by atoms with E-state index in [2.05, 4.69) is 26.7 Å². The fourth-order valence-corrected chi connectivity index (χ4v) is 3.46. The lowest BCUT2D eigenvalue weighted by Crippen LogP contribution is -2.28. The Balaban J connectivity index is 1.75. The second kappa shape index (κ2) is 5.62. The zero-order chi connectivity index (χ0) is 15.8. The molecule has 23 heavy (non-hydrogen) atoms. The van der Waals surface area contributed by atoms with Crippen molar-refractivity contribution in [3.05, 3.63) is 41.7 Å². The number of ether oxygens (including phenoxy) is 1. The van der Waals surface area contributed by atoms with E-state index < -0.39 is 0 Å². The lowest BCUT2D eigenvalue weighted by Gasteiger charge is -2.16. The highest BCUT2D eigenvalue weighted by Gasteiger charge is 2.34. The molecule has 6 nitrogen and oxygen atoms in total. The van der Waals surface area contributed by atoms with Gasteiger partial charge in [0.05, 0.1) is 7.11 Å². The van der Waals surface area contributed by atoms with Gasteiger partial charge in [0, 0.05) is 49.1 Å². The van der Waals surface area contributed by atoms with E-state index in [0.29, 0.717) is 17.8 Å². The number of rotatable bonds is 2. The normalized spacial score (nSPS) is 22.7. The second-order valence-corrected chi connectivity index (χ2v) is 6.00. The summed E-state index contributed by atoms with van der Waals surface area (Å²) in [5.41, 5.74) is 3.69. The van der Waals surface area contributed by atoms with Crippen LogP contribution in [0.3, 0.4) is 0 Å². The van der Waals surface area contributed by atoms with Crippen LogP contribution in [0.4, 0.5) is 0 Å². The topological polar surface area (TPSA) is 76.1 Å². The third kappa shape index (κ3) is 2.45. The molecular formula is C17H18N4O2. The van der Waals surface area contributed by atoms with Crippen LogP contribution in [0.5, 0.6) is 6.01 Å². The van der Waals surface area contributed by atoms with Crippen LogP contribution in [-0.2, 0) is 0 Å². The fraction of sp³-hybridized carbons (Fsp3) is 0.353. The van der Waals surface area contributed by atoms with Gasteiger partial charge in [-0.3, -0.25) is 4.79 Å². The van der Waals surface area contributed by atoms with Crippen molar-refractivity contribution >= 4 is 5.91 Å². The minimum atomic E-state index is 0.00526. The van der Waals surface area contributed by atoms with Crippen LogP contribution in [0.2, 0.25) is 0 Å². The maximum atomic E-state index is 12.4. The number of aromatic nitrogens is 2. The predicted molar refractivity (Wildman–Crippen MR) is 85.5 cm³/mol. The molecule has 1 aromatic carbocycles. The Labute approximate surface area is 134 Å². The van der Waals surface area contributed by atoms with Crippen LogP contribution < -0.4 is 15.4 Å². The molecule has 1 aromatic heterocycles. The van der Waals surface area contributed by atoms with E-state index in [1.807, 2.05) is 12.1 Å². The number of benzene rings is 1. The number of amides is 1. The first-order chi connectivity index (χ1) is 11.3. The van der Waals surface area contributed by atoms with Crippen molar-refractivity contribution < 1.29 is 9.53 Å². The molecule has 0 saturated carbocycles. The van der Waals surface area contributed by atoms with Gasteiger partial charge in [0.25, 0.3) is 5.91 Å². The van der Waals surface area contributed by atoms with E-state index in [-0.39, 0.29) is 5.91 Å². The smallest absolute Gasteiger partial charge is 0.316 e. The standard InChI is InChI=1S/C17H18N4O2/c1-23-17-20-6-11(7-21-17)10-2-3-13-14(4-10)16(22)19-8-12-5-18-9-15(12)13/h2-4,6-7,12,15,18H,5,8-9H2,1H3,(H,19,22)/t12-,15?/m0/s1. The summed E-state index contributed by atoms with van der Waals surface area (Å²) in [6.07, 6.45) is 3.42. The Morgan fingerprint density at radius 1 is 1.13 bits per heavy atom. The van der Waals surface area contributed by atoms with Gasteiger partial charge in [-0.25, -0.2) is 9.97 Å². The lowest BCUT2D eigenvalue weighted by atomic mass is 9.86. The summed E-state index contributed by atoms with van der Waals surface area (Å²) in [6.45, 7) is 2.61. The predicted octanol–water partition coefficient (Wildman–Crippen LogP) is 1.20. The van der Waals surface area contributed by atoms with Crippen LogP contribution in [0.15, 0.2) is 30.6 Å².